The molecule has 2 rings (SSSR count). The lowest BCUT2D eigenvalue weighted by atomic mass is 9.52. The van der Waals surface area contributed by atoms with Crippen molar-refractivity contribution < 1.29 is 9.53 Å². The van der Waals surface area contributed by atoms with Gasteiger partial charge in [-0.25, -0.2) is 0 Å². The summed E-state index contributed by atoms with van der Waals surface area (Å²) in [6.07, 6.45) is 3.42. The maximum atomic E-state index is 12.3. The lowest BCUT2D eigenvalue weighted by Crippen LogP contribution is -2.45. The first-order chi connectivity index (χ1) is 8.36. The molecule has 0 saturated heterocycles. The molecule has 2 heteroatoms. The number of ketones is 1. The van der Waals surface area contributed by atoms with Crippen LogP contribution in [0, 0.1) is 17.3 Å². The second-order valence-electron chi connectivity index (χ2n) is 6.48. The Bertz CT molecular complexity index is 392. The molecule has 0 aromatic heterocycles. The first-order valence-corrected chi connectivity index (χ1v) is 6.79. The summed E-state index contributed by atoms with van der Waals surface area (Å²) in [5, 5.41) is 0. The first kappa shape index (κ1) is 13.5. The van der Waals surface area contributed by atoms with E-state index in [0.29, 0.717) is 23.8 Å². The van der Waals surface area contributed by atoms with Crippen LogP contribution >= 0.6 is 0 Å². The highest BCUT2D eigenvalue weighted by Gasteiger charge is 2.49. The van der Waals surface area contributed by atoms with E-state index in [9.17, 15) is 4.79 Å². The molecule has 0 aromatic rings. The molecule has 0 N–H and O–H groups in total. The molecule has 3 atom stereocenters. The number of carbonyl (C=O) groups is 1. The smallest absolute Gasteiger partial charge is 0.161 e. The van der Waals surface area contributed by atoms with E-state index in [1.54, 1.807) is 7.11 Å². The van der Waals surface area contributed by atoms with Crippen LogP contribution in [0.4, 0.5) is 0 Å². The van der Waals surface area contributed by atoms with Crippen LogP contribution < -0.4 is 0 Å². The molecule has 0 unspecified atom stereocenters. The van der Waals surface area contributed by atoms with E-state index in [1.807, 2.05) is 0 Å². The number of rotatable bonds is 1. The van der Waals surface area contributed by atoms with E-state index in [2.05, 4.69) is 27.0 Å². The average Bonchev–Trinajstić information content (AvgIpc) is 2.35. The molecule has 0 heterocycles. The SMILES string of the molecule is C=C1CC[C@@H](OC)C(=C)C(=O)C[C@@H]2[C@@H]1CC2(C)C. The first-order valence-electron chi connectivity index (χ1n) is 6.79. The summed E-state index contributed by atoms with van der Waals surface area (Å²) in [6.45, 7) is 12.7. The van der Waals surface area contributed by atoms with E-state index in [0.717, 1.165) is 19.3 Å². The quantitative estimate of drug-likeness (QED) is 0.524. The van der Waals surface area contributed by atoms with Gasteiger partial charge in [0, 0.05) is 19.1 Å². The summed E-state index contributed by atoms with van der Waals surface area (Å²) in [7, 11) is 1.66. The van der Waals surface area contributed by atoms with E-state index in [-0.39, 0.29) is 17.3 Å². The molecular weight excluding hydrogens is 224 g/mol. The van der Waals surface area contributed by atoms with E-state index in [1.165, 1.54) is 5.57 Å². The summed E-state index contributed by atoms with van der Waals surface area (Å²) in [5.41, 5.74) is 2.20. The molecule has 0 radical (unpaired) electrons. The fourth-order valence-corrected chi connectivity index (χ4v) is 3.54. The van der Waals surface area contributed by atoms with Crippen LogP contribution in [0.1, 0.15) is 39.5 Å². The van der Waals surface area contributed by atoms with Gasteiger partial charge in [-0.15, -0.1) is 0 Å². The van der Waals surface area contributed by atoms with Gasteiger partial charge in [0.15, 0.2) is 5.78 Å². The second-order valence-corrected chi connectivity index (χ2v) is 6.48. The van der Waals surface area contributed by atoms with Gasteiger partial charge in [0.1, 0.15) is 0 Å². The Labute approximate surface area is 110 Å². The fourth-order valence-electron chi connectivity index (χ4n) is 3.54. The number of Topliss-reactive ketones (excluding diaryl/α,β-unsaturated/α-hetero) is 1. The fraction of sp³-hybridized carbons (Fsp3) is 0.688. The zero-order chi connectivity index (χ0) is 13.5. The van der Waals surface area contributed by atoms with Crippen LogP contribution in [0.2, 0.25) is 0 Å². The topological polar surface area (TPSA) is 26.3 Å². The van der Waals surface area contributed by atoms with Crippen molar-refractivity contribution in [2.24, 2.45) is 17.3 Å². The largest absolute Gasteiger partial charge is 0.377 e. The Morgan fingerprint density at radius 2 is 2.00 bits per heavy atom. The van der Waals surface area contributed by atoms with Crippen molar-refractivity contribution >= 4 is 5.78 Å². The molecule has 2 aliphatic carbocycles. The summed E-state index contributed by atoms with van der Waals surface area (Å²) in [4.78, 5) is 12.3. The highest BCUT2D eigenvalue weighted by atomic mass is 16.5. The van der Waals surface area contributed by atoms with Crippen molar-refractivity contribution in [2.75, 3.05) is 7.11 Å². The number of fused-ring (bicyclic) bond motifs is 1. The molecule has 0 aromatic carbocycles. The molecule has 2 saturated carbocycles. The van der Waals surface area contributed by atoms with Crippen LogP contribution in [0.25, 0.3) is 0 Å². The van der Waals surface area contributed by atoms with Crippen molar-refractivity contribution in [1.82, 2.24) is 0 Å². The van der Waals surface area contributed by atoms with Crippen LogP contribution in [-0.2, 0) is 9.53 Å². The Kier molecular flexibility index (Phi) is 3.50. The van der Waals surface area contributed by atoms with Gasteiger partial charge >= 0.3 is 0 Å². The van der Waals surface area contributed by atoms with E-state index < -0.39 is 0 Å². The summed E-state index contributed by atoms with van der Waals surface area (Å²) in [5.74, 6) is 1.14. The van der Waals surface area contributed by atoms with Gasteiger partial charge in [-0.2, -0.15) is 0 Å². The van der Waals surface area contributed by atoms with Crippen LogP contribution in [0.3, 0.4) is 0 Å². The van der Waals surface area contributed by atoms with E-state index >= 15 is 0 Å². The normalized spacial score (nSPS) is 36.2. The highest BCUT2D eigenvalue weighted by Crippen LogP contribution is 2.56. The third-order valence-electron chi connectivity index (χ3n) is 4.92. The van der Waals surface area contributed by atoms with Gasteiger partial charge in [-0.3, -0.25) is 4.79 Å². The van der Waals surface area contributed by atoms with Crippen molar-refractivity contribution in [3.63, 3.8) is 0 Å². The third-order valence-corrected chi connectivity index (χ3v) is 4.92. The predicted molar refractivity (Wildman–Crippen MR) is 73.3 cm³/mol. The molecule has 0 amide bonds. The molecule has 100 valence electrons. The van der Waals surface area contributed by atoms with Gasteiger partial charge in [0.05, 0.1) is 6.10 Å². The molecule has 18 heavy (non-hydrogen) atoms. The molecule has 0 bridgehead atoms. The van der Waals surface area contributed by atoms with Gasteiger partial charge < -0.3 is 4.74 Å². The molecule has 2 aliphatic rings. The zero-order valence-electron chi connectivity index (χ0n) is 11.8. The lowest BCUT2D eigenvalue weighted by Gasteiger charge is -2.52. The lowest BCUT2D eigenvalue weighted by molar-refractivity contribution is -0.121. The molecule has 0 spiro atoms. The van der Waals surface area contributed by atoms with Crippen LogP contribution in [-0.4, -0.2) is 19.0 Å². The third kappa shape index (κ3) is 2.18. The predicted octanol–water partition coefficient (Wildman–Crippen LogP) is 3.53. The van der Waals surface area contributed by atoms with Gasteiger partial charge in [0.2, 0.25) is 0 Å². The number of carbonyl (C=O) groups excluding carboxylic acids is 1. The van der Waals surface area contributed by atoms with Gasteiger partial charge in [-0.05, 0) is 36.5 Å². The number of allylic oxidation sites excluding steroid dienone is 1. The van der Waals surface area contributed by atoms with Crippen molar-refractivity contribution in [3.8, 4) is 0 Å². The van der Waals surface area contributed by atoms with Crippen molar-refractivity contribution in [2.45, 2.75) is 45.6 Å². The summed E-state index contributed by atoms with van der Waals surface area (Å²) >= 11 is 0. The minimum Gasteiger partial charge on any atom is -0.377 e. The number of methoxy groups -OCH3 is 1. The average molecular weight is 248 g/mol. The molecule has 2 fully saturated rings. The molecule has 0 aliphatic heterocycles. The van der Waals surface area contributed by atoms with Crippen LogP contribution in [0.5, 0.6) is 0 Å². The van der Waals surface area contributed by atoms with Crippen LogP contribution in [0.15, 0.2) is 24.3 Å². The monoisotopic (exact) mass is 248 g/mol. The number of ether oxygens (including phenoxy) is 1. The minimum atomic E-state index is -0.130. The molecular formula is C16H24O2. The molecule has 2 nitrogen and oxygen atoms in total. The van der Waals surface area contributed by atoms with E-state index in [4.69, 9.17) is 4.74 Å². The van der Waals surface area contributed by atoms with Crippen molar-refractivity contribution in [3.05, 3.63) is 24.3 Å². The second kappa shape index (κ2) is 4.65. The van der Waals surface area contributed by atoms with Gasteiger partial charge in [0.25, 0.3) is 0 Å². The maximum absolute atomic E-state index is 12.3. The van der Waals surface area contributed by atoms with Crippen molar-refractivity contribution in [1.29, 1.82) is 0 Å². The number of hydrogen-bond donors (Lipinski definition) is 0. The minimum absolute atomic E-state index is 0.130. The summed E-state index contributed by atoms with van der Waals surface area (Å²) in [6, 6.07) is 0. The Morgan fingerprint density at radius 3 is 2.56 bits per heavy atom. The maximum Gasteiger partial charge on any atom is 0.161 e. The van der Waals surface area contributed by atoms with Gasteiger partial charge in [-0.1, -0.05) is 32.6 Å². The summed E-state index contributed by atoms with van der Waals surface area (Å²) < 4.78 is 5.39. The highest BCUT2D eigenvalue weighted by molar-refractivity contribution is 5.96. The Hall–Kier alpha value is -0.890. The Morgan fingerprint density at radius 1 is 1.33 bits per heavy atom. The standard InChI is InChI=1S/C16H24O2/c1-10-6-7-15(18-5)11(2)14(17)8-13-12(10)9-16(13,3)4/h12-13,15H,1-2,6-9H2,3-5H3/t12-,13-,15-/m1/s1. The number of hydrogen-bond acceptors (Lipinski definition) is 2. The zero-order valence-corrected chi connectivity index (χ0v) is 11.8. The Balaban J connectivity index is 2.22.